The van der Waals surface area contributed by atoms with Crippen LogP contribution < -0.4 is 0 Å². The highest BCUT2D eigenvalue weighted by Gasteiger charge is 1.97. The van der Waals surface area contributed by atoms with Crippen molar-refractivity contribution in [3.63, 3.8) is 0 Å². The Morgan fingerprint density at radius 3 is 0.439 bits per heavy atom. The summed E-state index contributed by atoms with van der Waals surface area (Å²) in [6.07, 6.45) is 53.6. The van der Waals surface area contributed by atoms with Crippen LogP contribution in [0.5, 0.6) is 0 Å². The molecule has 2 heteroatoms. The van der Waals surface area contributed by atoms with Crippen molar-refractivity contribution in [2.24, 2.45) is 0 Å². The predicted molar refractivity (Wildman–Crippen MR) is 197 cm³/mol. The highest BCUT2D eigenvalue weighted by molar-refractivity contribution is 14.1. The van der Waals surface area contributed by atoms with Gasteiger partial charge in [0.2, 0.25) is 0 Å². The molecule has 0 fully saturated rings. The van der Waals surface area contributed by atoms with Crippen LogP contribution in [0.1, 0.15) is 238 Å². The van der Waals surface area contributed by atoms with Gasteiger partial charge in [0.15, 0.2) is 0 Å². The van der Waals surface area contributed by atoms with Crippen molar-refractivity contribution in [2.75, 3.05) is 11.0 Å². The highest BCUT2D eigenvalue weighted by Crippen LogP contribution is 2.17. The lowest BCUT2D eigenvalue weighted by Gasteiger charge is -2.05. The van der Waals surface area contributed by atoms with E-state index in [1.165, 1.54) is 236 Å². The Hall–Kier alpha value is 0.690. The van der Waals surface area contributed by atoms with E-state index in [1.807, 2.05) is 0 Å². The third kappa shape index (κ3) is 40.7. The molecule has 0 aromatic rings. The Kier molecular flexibility index (Phi) is 41.4. The molecular weight excluding hydrogens is 611 g/mol. The minimum atomic E-state index is 0.375. The van der Waals surface area contributed by atoms with E-state index in [0.717, 1.165) is 6.42 Å². The molecule has 41 heavy (non-hydrogen) atoms. The molecule has 0 heterocycles. The highest BCUT2D eigenvalue weighted by atomic mass is 127. The van der Waals surface area contributed by atoms with Crippen LogP contribution in [-0.2, 0) is 0 Å². The summed E-state index contributed by atoms with van der Waals surface area (Å²) in [6.45, 7) is 0.375. The first kappa shape index (κ1) is 41.7. The number of unbranched alkanes of at least 4 members (excludes halogenated alkanes) is 36. The van der Waals surface area contributed by atoms with E-state index >= 15 is 0 Å². The van der Waals surface area contributed by atoms with Crippen LogP contribution in [0, 0.1) is 0 Å². The number of halogens is 1. The first-order valence-corrected chi connectivity index (χ1v) is 21.1. The van der Waals surface area contributed by atoms with Gasteiger partial charge >= 0.3 is 0 Å². The van der Waals surface area contributed by atoms with Crippen molar-refractivity contribution >= 4 is 22.6 Å². The molecular formula is C39H79IO. The van der Waals surface area contributed by atoms with Gasteiger partial charge in [-0.2, -0.15) is 0 Å². The Balaban J connectivity index is 3.02. The molecule has 0 unspecified atom stereocenters. The summed E-state index contributed by atoms with van der Waals surface area (Å²) in [4.78, 5) is 0. The lowest BCUT2D eigenvalue weighted by atomic mass is 10.0. The van der Waals surface area contributed by atoms with Crippen LogP contribution in [0.4, 0.5) is 0 Å². The molecule has 248 valence electrons. The molecule has 0 aliphatic heterocycles. The van der Waals surface area contributed by atoms with Gasteiger partial charge in [-0.3, -0.25) is 0 Å². The minimum Gasteiger partial charge on any atom is -0.396 e. The van der Waals surface area contributed by atoms with Gasteiger partial charge in [0, 0.05) is 6.61 Å². The van der Waals surface area contributed by atoms with E-state index in [1.54, 1.807) is 0 Å². The maximum absolute atomic E-state index is 8.79. The second kappa shape index (κ2) is 40.7. The number of rotatable bonds is 38. The van der Waals surface area contributed by atoms with Crippen molar-refractivity contribution in [3.05, 3.63) is 0 Å². The van der Waals surface area contributed by atoms with Crippen LogP contribution >= 0.6 is 22.6 Å². The SMILES string of the molecule is OCCCCCCCCCCCCCCCCCCCCCCCCCCCCCCCCCCCCCCCI. The normalized spacial score (nSPS) is 11.6. The van der Waals surface area contributed by atoms with E-state index in [2.05, 4.69) is 22.6 Å². The van der Waals surface area contributed by atoms with E-state index in [0.29, 0.717) is 6.61 Å². The number of aliphatic hydroxyl groups is 1. The molecule has 0 amide bonds. The molecule has 0 saturated heterocycles. The molecule has 0 rings (SSSR count). The van der Waals surface area contributed by atoms with Gasteiger partial charge in [-0.05, 0) is 17.3 Å². The van der Waals surface area contributed by atoms with Crippen molar-refractivity contribution in [1.29, 1.82) is 0 Å². The fourth-order valence-corrected chi connectivity index (χ4v) is 6.93. The lowest BCUT2D eigenvalue weighted by Crippen LogP contribution is -1.85. The molecule has 0 saturated carbocycles. The summed E-state index contributed by atoms with van der Waals surface area (Å²) in [5.41, 5.74) is 0. The molecule has 0 aliphatic carbocycles. The first-order valence-electron chi connectivity index (χ1n) is 19.6. The Morgan fingerprint density at radius 2 is 0.317 bits per heavy atom. The predicted octanol–water partition coefficient (Wildman–Crippen LogP) is 14.8. The Labute approximate surface area is 275 Å². The monoisotopic (exact) mass is 691 g/mol. The summed E-state index contributed by atoms with van der Waals surface area (Å²) in [7, 11) is 0. The van der Waals surface area contributed by atoms with Crippen LogP contribution in [0.15, 0.2) is 0 Å². The third-order valence-corrected chi connectivity index (χ3v) is 10.1. The summed E-state index contributed by atoms with van der Waals surface area (Å²) in [6, 6.07) is 0. The summed E-state index contributed by atoms with van der Waals surface area (Å²) < 4.78 is 1.34. The number of alkyl halides is 1. The van der Waals surface area contributed by atoms with Crippen molar-refractivity contribution < 1.29 is 5.11 Å². The van der Waals surface area contributed by atoms with E-state index in [-0.39, 0.29) is 0 Å². The van der Waals surface area contributed by atoms with Gasteiger partial charge < -0.3 is 5.11 Å². The number of aliphatic hydroxyl groups excluding tert-OH is 1. The van der Waals surface area contributed by atoms with Gasteiger partial charge in [0.25, 0.3) is 0 Å². The Morgan fingerprint density at radius 1 is 0.195 bits per heavy atom. The summed E-state index contributed by atoms with van der Waals surface area (Å²) in [5, 5.41) is 8.79. The zero-order chi connectivity index (χ0) is 29.6. The molecule has 0 aliphatic rings. The van der Waals surface area contributed by atoms with Crippen molar-refractivity contribution in [3.8, 4) is 0 Å². The van der Waals surface area contributed by atoms with Crippen LogP contribution in [0.3, 0.4) is 0 Å². The summed E-state index contributed by atoms with van der Waals surface area (Å²) in [5.74, 6) is 0. The quantitative estimate of drug-likeness (QED) is 0.0388. The Bertz CT molecular complexity index is 388. The van der Waals surface area contributed by atoms with Crippen LogP contribution in [0.2, 0.25) is 0 Å². The van der Waals surface area contributed by atoms with Gasteiger partial charge in [0.05, 0.1) is 0 Å². The first-order chi connectivity index (χ1) is 20.4. The molecule has 0 aromatic heterocycles. The topological polar surface area (TPSA) is 20.2 Å². The fourth-order valence-electron chi connectivity index (χ4n) is 6.39. The minimum absolute atomic E-state index is 0.375. The molecule has 0 radical (unpaired) electrons. The standard InChI is InChI=1S/C39H79IO/c40-38-36-34-32-30-28-26-24-22-20-18-16-14-12-10-8-6-4-2-1-3-5-7-9-11-13-15-17-19-21-23-25-27-29-31-33-35-37-39-41/h41H,1-39H2. The third-order valence-electron chi connectivity index (χ3n) is 9.29. The molecule has 1 nitrogen and oxygen atoms in total. The van der Waals surface area contributed by atoms with Crippen molar-refractivity contribution in [2.45, 2.75) is 238 Å². The van der Waals surface area contributed by atoms with Gasteiger partial charge in [0.1, 0.15) is 0 Å². The molecule has 0 bridgehead atoms. The van der Waals surface area contributed by atoms with Gasteiger partial charge in [-0.1, -0.05) is 247 Å². The lowest BCUT2D eigenvalue weighted by molar-refractivity contribution is 0.282. The molecule has 0 spiro atoms. The van der Waals surface area contributed by atoms with Crippen LogP contribution in [0.25, 0.3) is 0 Å². The van der Waals surface area contributed by atoms with Crippen molar-refractivity contribution in [1.82, 2.24) is 0 Å². The smallest absolute Gasteiger partial charge is 0.0431 e. The second-order valence-corrected chi connectivity index (χ2v) is 14.6. The second-order valence-electron chi connectivity index (χ2n) is 13.5. The van der Waals surface area contributed by atoms with Crippen LogP contribution in [-0.4, -0.2) is 16.1 Å². The maximum Gasteiger partial charge on any atom is 0.0431 e. The maximum atomic E-state index is 8.79. The zero-order valence-corrected chi connectivity index (χ0v) is 30.6. The van der Waals surface area contributed by atoms with E-state index < -0.39 is 0 Å². The van der Waals surface area contributed by atoms with E-state index in [9.17, 15) is 0 Å². The molecule has 0 aromatic carbocycles. The largest absolute Gasteiger partial charge is 0.396 e. The summed E-state index contributed by atoms with van der Waals surface area (Å²) >= 11 is 2.50. The van der Waals surface area contributed by atoms with E-state index in [4.69, 9.17) is 5.11 Å². The average molecular weight is 691 g/mol. The molecule has 0 atom stereocenters. The zero-order valence-electron chi connectivity index (χ0n) is 28.4. The fraction of sp³-hybridized carbons (Fsp3) is 1.00. The average Bonchev–Trinajstić information content (AvgIpc) is 2.98. The number of hydrogen-bond donors (Lipinski definition) is 1. The molecule has 1 N–H and O–H groups in total. The van der Waals surface area contributed by atoms with Gasteiger partial charge in [-0.15, -0.1) is 0 Å². The number of hydrogen-bond acceptors (Lipinski definition) is 1. The van der Waals surface area contributed by atoms with Gasteiger partial charge in [-0.25, -0.2) is 0 Å².